The molecule has 0 bridgehead atoms. The average molecular weight is 279 g/mol. The van der Waals surface area contributed by atoms with E-state index in [9.17, 15) is 4.79 Å². The molecule has 2 aromatic carbocycles. The molecule has 4 heteroatoms. The zero-order valence-electron chi connectivity index (χ0n) is 12.1. The highest BCUT2D eigenvalue weighted by atomic mass is 16.2. The van der Waals surface area contributed by atoms with Crippen molar-refractivity contribution in [1.29, 1.82) is 0 Å². The summed E-state index contributed by atoms with van der Waals surface area (Å²) < 4.78 is 1.41. The third-order valence-electron chi connectivity index (χ3n) is 3.56. The minimum Gasteiger partial charge on any atom is -0.306 e. The van der Waals surface area contributed by atoms with Crippen LogP contribution in [0.5, 0.6) is 0 Å². The van der Waals surface area contributed by atoms with Gasteiger partial charge in [0.2, 0.25) is 0 Å². The second kappa shape index (κ2) is 5.40. The normalized spacial score (nSPS) is 10.8. The Morgan fingerprint density at radius 1 is 1.24 bits per heavy atom. The molecule has 1 aromatic heterocycles. The predicted octanol–water partition coefficient (Wildman–Crippen LogP) is 3.99. The monoisotopic (exact) mass is 279 g/mol. The minimum atomic E-state index is -0.239. The van der Waals surface area contributed by atoms with Crippen LogP contribution in [-0.4, -0.2) is 15.8 Å². The van der Waals surface area contributed by atoms with Crippen molar-refractivity contribution in [3.05, 3.63) is 59.8 Å². The molecular weight excluding hydrogens is 262 g/mol. The van der Waals surface area contributed by atoms with Gasteiger partial charge in [0.05, 0.1) is 11.7 Å². The molecule has 0 radical (unpaired) electrons. The zero-order chi connectivity index (χ0) is 14.8. The Hall–Kier alpha value is -2.62. The molecule has 1 amide bonds. The first-order chi connectivity index (χ1) is 10.2. The van der Waals surface area contributed by atoms with Gasteiger partial charge in [0.25, 0.3) is 0 Å². The fourth-order valence-corrected chi connectivity index (χ4v) is 2.41. The van der Waals surface area contributed by atoms with Crippen LogP contribution in [0.3, 0.4) is 0 Å². The summed E-state index contributed by atoms with van der Waals surface area (Å²) in [5.41, 5.74) is 3.87. The summed E-state index contributed by atoms with van der Waals surface area (Å²) in [6, 6.07) is 13.5. The maximum Gasteiger partial charge on any atom is 0.347 e. The lowest BCUT2D eigenvalue weighted by Gasteiger charge is -2.10. The second-order valence-electron chi connectivity index (χ2n) is 5.06. The van der Waals surface area contributed by atoms with Crippen molar-refractivity contribution in [2.45, 2.75) is 20.3 Å². The number of nitrogens with zero attached hydrogens (tertiary/aromatic N) is 2. The standard InChI is InChI=1S/C17H17N3O/c1-3-13-6-4-5-7-15(13)19-17(21)20-16-10-12(2)8-9-14(16)11-18-20/h4-11H,3H2,1-2H3,(H,19,21). The number of carbonyl (C=O) groups is 1. The predicted molar refractivity (Wildman–Crippen MR) is 84.7 cm³/mol. The van der Waals surface area contributed by atoms with Crippen molar-refractivity contribution in [3.8, 4) is 0 Å². The van der Waals surface area contributed by atoms with Gasteiger partial charge in [0.1, 0.15) is 0 Å². The van der Waals surface area contributed by atoms with Gasteiger partial charge < -0.3 is 5.32 Å². The number of benzene rings is 2. The number of para-hydroxylation sites is 1. The summed E-state index contributed by atoms with van der Waals surface area (Å²) >= 11 is 0. The zero-order valence-corrected chi connectivity index (χ0v) is 12.1. The lowest BCUT2D eigenvalue weighted by molar-refractivity contribution is 0.252. The molecule has 0 aliphatic carbocycles. The van der Waals surface area contributed by atoms with Gasteiger partial charge in [-0.05, 0) is 36.6 Å². The quantitative estimate of drug-likeness (QED) is 0.771. The summed E-state index contributed by atoms with van der Waals surface area (Å²) in [5.74, 6) is 0. The van der Waals surface area contributed by atoms with E-state index >= 15 is 0 Å². The number of rotatable bonds is 2. The number of anilines is 1. The van der Waals surface area contributed by atoms with Crippen LogP contribution >= 0.6 is 0 Å². The molecule has 21 heavy (non-hydrogen) atoms. The Balaban J connectivity index is 1.96. The van der Waals surface area contributed by atoms with E-state index in [4.69, 9.17) is 0 Å². The first kappa shape index (κ1) is 13.4. The van der Waals surface area contributed by atoms with Gasteiger partial charge in [0.15, 0.2) is 0 Å². The number of aromatic nitrogens is 2. The molecule has 1 heterocycles. The van der Waals surface area contributed by atoms with Crippen LogP contribution in [0.15, 0.2) is 48.7 Å². The number of amides is 1. The van der Waals surface area contributed by atoms with Crippen molar-refractivity contribution in [2.75, 3.05) is 5.32 Å². The molecule has 0 spiro atoms. The first-order valence-corrected chi connectivity index (χ1v) is 7.02. The van der Waals surface area contributed by atoms with Crippen LogP contribution in [0.2, 0.25) is 0 Å². The Bertz CT molecular complexity index is 805. The third kappa shape index (κ3) is 2.52. The molecule has 0 aliphatic rings. The fourth-order valence-electron chi connectivity index (χ4n) is 2.41. The summed E-state index contributed by atoms with van der Waals surface area (Å²) in [5, 5.41) is 8.09. The number of aryl methyl sites for hydroxylation is 2. The van der Waals surface area contributed by atoms with Gasteiger partial charge in [-0.3, -0.25) is 0 Å². The van der Waals surface area contributed by atoms with Crippen molar-refractivity contribution < 1.29 is 4.79 Å². The molecule has 0 saturated heterocycles. The van der Waals surface area contributed by atoms with E-state index in [-0.39, 0.29) is 6.03 Å². The summed E-state index contributed by atoms with van der Waals surface area (Å²) in [4.78, 5) is 12.5. The molecule has 106 valence electrons. The highest BCUT2D eigenvalue weighted by Gasteiger charge is 2.12. The molecule has 0 fully saturated rings. The van der Waals surface area contributed by atoms with Gasteiger partial charge in [0, 0.05) is 11.1 Å². The van der Waals surface area contributed by atoms with Crippen molar-refractivity contribution in [2.24, 2.45) is 0 Å². The smallest absolute Gasteiger partial charge is 0.306 e. The Kier molecular flexibility index (Phi) is 3.44. The third-order valence-corrected chi connectivity index (χ3v) is 3.56. The van der Waals surface area contributed by atoms with E-state index < -0.39 is 0 Å². The maximum atomic E-state index is 12.5. The highest BCUT2D eigenvalue weighted by Crippen LogP contribution is 2.18. The van der Waals surface area contributed by atoms with Gasteiger partial charge in [-0.15, -0.1) is 0 Å². The molecule has 4 nitrogen and oxygen atoms in total. The molecule has 1 N–H and O–H groups in total. The second-order valence-corrected chi connectivity index (χ2v) is 5.06. The van der Waals surface area contributed by atoms with Crippen LogP contribution < -0.4 is 5.32 Å². The van der Waals surface area contributed by atoms with E-state index in [1.54, 1.807) is 6.20 Å². The van der Waals surface area contributed by atoms with Gasteiger partial charge in [-0.25, -0.2) is 4.79 Å². The molecule has 0 atom stereocenters. The van der Waals surface area contributed by atoms with E-state index in [0.717, 1.165) is 34.1 Å². The minimum absolute atomic E-state index is 0.239. The Morgan fingerprint density at radius 3 is 2.86 bits per heavy atom. The van der Waals surface area contributed by atoms with E-state index in [2.05, 4.69) is 17.3 Å². The summed E-state index contributed by atoms with van der Waals surface area (Å²) in [6.07, 6.45) is 2.58. The molecular formula is C17H17N3O. The van der Waals surface area contributed by atoms with Crippen LogP contribution in [0.1, 0.15) is 18.1 Å². The van der Waals surface area contributed by atoms with Gasteiger partial charge in [-0.2, -0.15) is 9.78 Å². The lowest BCUT2D eigenvalue weighted by Crippen LogP contribution is -2.21. The Morgan fingerprint density at radius 2 is 2.05 bits per heavy atom. The van der Waals surface area contributed by atoms with Crippen molar-refractivity contribution in [3.63, 3.8) is 0 Å². The number of hydrogen-bond donors (Lipinski definition) is 1. The van der Waals surface area contributed by atoms with Gasteiger partial charge >= 0.3 is 6.03 Å². The highest BCUT2D eigenvalue weighted by molar-refractivity contribution is 5.97. The molecule has 0 aliphatic heterocycles. The molecule has 3 rings (SSSR count). The van der Waals surface area contributed by atoms with Crippen molar-refractivity contribution >= 4 is 22.6 Å². The Labute approximate surface area is 123 Å². The number of carbonyl (C=O) groups excluding carboxylic acids is 1. The summed E-state index contributed by atoms with van der Waals surface area (Å²) in [7, 11) is 0. The van der Waals surface area contributed by atoms with Crippen LogP contribution in [-0.2, 0) is 6.42 Å². The van der Waals surface area contributed by atoms with Crippen LogP contribution in [0, 0.1) is 6.92 Å². The molecule has 3 aromatic rings. The van der Waals surface area contributed by atoms with Crippen molar-refractivity contribution in [1.82, 2.24) is 9.78 Å². The summed E-state index contributed by atoms with van der Waals surface area (Å²) in [6.45, 7) is 4.07. The van der Waals surface area contributed by atoms with E-state index in [1.807, 2.05) is 49.4 Å². The van der Waals surface area contributed by atoms with Crippen LogP contribution in [0.25, 0.3) is 10.9 Å². The lowest BCUT2D eigenvalue weighted by atomic mass is 10.1. The number of nitrogens with one attached hydrogen (secondary N) is 1. The van der Waals surface area contributed by atoms with E-state index in [1.165, 1.54) is 4.68 Å². The number of hydrogen-bond acceptors (Lipinski definition) is 2. The largest absolute Gasteiger partial charge is 0.347 e. The topological polar surface area (TPSA) is 46.9 Å². The fraction of sp³-hybridized carbons (Fsp3) is 0.176. The molecule has 0 saturated carbocycles. The molecule has 0 unspecified atom stereocenters. The van der Waals surface area contributed by atoms with E-state index in [0.29, 0.717) is 0 Å². The average Bonchev–Trinajstić information content (AvgIpc) is 2.90. The number of fused-ring (bicyclic) bond motifs is 1. The first-order valence-electron chi connectivity index (χ1n) is 7.02. The van der Waals surface area contributed by atoms with Crippen LogP contribution in [0.4, 0.5) is 10.5 Å². The maximum absolute atomic E-state index is 12.5. The SMILES string of the molecule is CCc1ccccc1NC(=O)n1ncc2ccc(C)cc21. The van der Waals surface area contributed by atoms with Gasteiger partial charge in [-0.1, -0.05) is 37.3 Å².